The zero-order chi connectivity index (χ0) is 23.9. The lowest BCUT2D eigenvalue weighted by Crippen LogP contribution is -2.40. The Balaban J connectivity index is 1.05. The highest BCUT2D eigenvalue weighted by atomic mass is 16.6. The first kappa shape index (κ1) is 22.5. The second-order valence-corrected chi connectivity index (χ2v) is 12.8. The summed E-state index contributed by atoms with van der Waals surface area (Å²) in [6.07, 6.45) is 9.74. The Morgan fingerprint density at radius 2 is 1.50 bits per heavy atom. The van der Waals surface area contributed by atoms with E-state index in [1.165, 1.54) is 0 Å². The van der Waals surface area contributed by atoms with Gasteiger partial charge in [-0.05, 0) is 89.4 Å². The van der Waals surface area contributed by atoms with Crippen LogP contribution in [0.25, 0.3) is 0 Å². The predicted octanol–water partition coefficient (Wildman–Crippen LogP) is 3.91. The number of carbonyl (C=O) groups is 4. The molecule has 0 aromatic heterocycles. The fourth-order valence-electron chi connectivity index (χ4n) is 8.58. The lowest BCUT2D eigenvalue weighted by atomic mass is 9.66. The number of hydrogen-bond donors (Lipinski definition) is 0. The summed E-state index contributed by atoms with van der Waals surface area (Å²) in [4.78, 5) is 51.3. The van der Waals surface area contributed by atoms with Gasteiger partial charge in [0.05, 0.1) is 11.8 Å². The Morgan fingerprint density at radius 3 is 2.24 bits per heavy atom. The number of ether oxygens (including phenoxy) is 2. The van der Waals surface area contributed by atoms with Crippen molar-refractivity contribution in [2.75, 3.05) is 0 Å². The molecule has 0 saturated heterocycles. The van der Waals surface area contributed by atoms with Crippen molar-refractivity contribution in [1.82, 2.24) is 0 Å². The van der Waals surface area contributed by atoms with E-state index in [4.69, 9.17) is 9.47 Å². The van der Waals surface area contributed by atoms with Gasteiger partial charge in [0.1, 0.15) is 23.3 Å². The molecular weight excluding hydrogens is 432 g/mol. The number of fused-ring (bicyclic) bond motifs is 10. The Labute approximate surface area is 201 Å². The van der Waals surface area contributed by atoms with Crippen LogP contribution in [0.1, 0.15) is 65.7 Å². The smallest absolute Gasteiger partial charge is 0.309 e. The van der Waals surface area contributed by atoms with Crippen LogP contribution in [0.5, 0.6) is 0 Å². The minimum atomic E-state index is -0.456. The van der Waals surface area contributed by atoms with Crippen LogP contribution in [-0.2, 0) is 28.7 Å². The molecule has 184 valence electrons. The van der Waals surface area contributed by atoms with Crippen molar-refractivity contribution in [2.24, 2.45) is 59.2 Å². The van der Waals surface area contributed by atoms with E-state index in [9.17, 15) is 19.2 Å². The van der Waals surface area contributed by atoms with Crippen LogP contribution in [0, 0.1) is 59.2 Å². The highest BCUT2D eigenvalue weighted by Crippen LogP contribution is 2.64. The molecule has 0 heterocycles. The third-order valence-electron chi connectivity index (χ3n) is 9.86. The summed E-state index contributed by atoms with van der Waals surface area (Å²) in [6.45, 7) is 5.73. The van der Waals surface area contributed by atoms with E-state index in [0.717, 1.165) is 38.5 Å². The number of hydrogen-bond acceptors (Lipinski definition) is 6. The summed E-state index contributed by atoms with van der Waals surface area (Å²) in [7, 11) is 0. The van der Waals surface area contributed by atoms with Gasteiger partial charge in [0.2, 0.25) is 0 Å². The van der Waals surface area contributed by atoms with Gasteiger partial charge in [-0.2, -0.15) is 0 Å². The van der Waals surface area contributed by atoms with E-state index in [1.807, 2.05) is 32.9 Å². The third kappa shape index (κ3) is 3.42. The van der Waals surface area contributed by atoms with Crippen molar-refractivity contribution < 1.29 is 28.7 Å². The third-order valence-corrected chi connectivity index (χ3v) is 9.86. The topological polar surface area (TPSA) is 86.7 Å². The van der Waals surface area contributed by atoms with Gasteiger partial charge in [0.25, 0.3) is 0 Å². The first-order valence-corrected chi connectivity index (χ1v) is 13.3. The predicted molar refractivity (Wildman–Crippen MR) is 122 cm³/mol. The first-order valence-electron chi connectivity index (χ1n) is 13.3. The monoisotopic (exact) mass is 468 g/mol. The Bertz CT molecular complexity index is 958. The number of Topliss-reactive ketones (excluding diaryl/α,β-unsaturated/α-hetero) is 2. The van der Waals surface area contributed by atoms with E-state index in [0.29, 0.717) is 18.3 Å². The summed E-state index contributed by atoms with van der Waals surface area (Å²) in [5.74, 6) is 0.133. The maximum absolute atomic E-state index is 13.2. The van der Waals surface area contributed by atoms with Gasteiger partial charge in [0.15, 0.2) is 0 Å². The number of ketones is 2. The summed E-state index contributed by atoms with van der Waals surface area (Å²) >= 11 is 0. The molecule has 0 radical (unpaired) electrons. The fourth-order valence-corrected chi connectivity index (χ4v) is 8.58. The van der Waals surface area contributed by atoms with Crippen LogP contribution in [0.3, 0.4) is 0 Å². The van der Waals surface area contributed by atoms with Crippen LogP contribution < -0.4 is 0 Å². The van der Waals surface area contributed by atoms with E-state index in [1.54, 1.807) is 0 Å². The quantitative estimate of drug-likeness (QED) is 0.355. The summed E-state index contributed by atoms with van der Waals surface area (Å²) < 4.78 is 11.6. The van der Waals surface area contributed by atoms with Gasteiger partial charge in [-0.1, -0.05) is 12.2 Å². The molecule has 0 aromatic rings. The van der Waals surface area contributed by atoms with Gasteiger partial charge < -0.3 is 9.47 Å². The van der Waals surface area contributed by atoms with Gasteiger partial charge >= 0.3 is 11.9 Å². The average Bonchev–Trinajstić information content (AvgIpc) is 3.48. The molecule has 6 rings (SSSR count). The van der Waals surface area contributed by atoms with E-state index >= 15 is 0 Å². The van der Waals surface area contributed by atoms with Crippen LogP contribution in [0.2, 0.25) is 0 Å². The molecule has 0 amide bonds. The molecule has 6 nitrogen and oxygen atoms in total. The molecule has 5 fully saturated rings. The Morgan fingerprint density at radius 1 is 0.824 bits per heavy atom. The molecule has 11 unspecified atom stereocenters. The molecule has 0 spiro atoms. The lowest BCUT2D eigenvalue weighted by Gasteiger charge is -2.42. The molecular formula is C28H36O6. The largest absolute Gasteiger partial charge is 0.462 e. The maximum atomic E-state index is 13.2. The SMILES string of the molecule is CC(C)(C)OC(=O)C1CCC2CC(OC(=O)C3CC4C(=O)C3C3C5C=CC(C5=O)C43)CCC2C1. The molecule has 6 aliphatic rings. The van der Waals surface area contributed by atoms with Crippen molar-refractivity contribution in [2.45, 2.75) is 77.4 Å². The number of carbonyl (C=O) groups excluding carboxylic acids is 4. The van der Waals surface area contributed by atoms with Gasteiger partial charge in [-0.3, -0.25) is 19.2 Å². The molecule has 6 heteroatoms. The minimum Gasteiger partial charge on any atom is -0.462 e. The van der Waals surface area contributed by atoms with Crippen LogP contribution in [0.4, 0.5) is 0 Å². The second-order valence-electron chi connectivity index (χ2n) is 12.8. The lowest BCUT2D eigenvalue weighted by molar-refractivity contribution is -0.164. The summed E-state index contributed by atoms with van der Waals surface area (Å²) in [5.41, 5.74) is -0.456. The van der Waals surface area contributed by atoms with E-state index in [-0.39, 0.29) is 77.0 Å². The van der Waals surface area contributed by atoms with Gasteiger partial charge in [0, 0.05) is 23.7 Å². The molecule has 4 bridgehead atoms. The maximum Gasteiger partial charge on any atom is 0.309 e. The highest BCUT2D eigenvalue weighted by Gasteiger charge is 2.69. The van der Waals surface area contributed by atoms with Crippen molar-refractivity contribution in [1.29, 1.82) is 0 Å². The van der Waals surface area contributed by atoms with E-state index < -0.39 is 5.60 Å². The summed E-state index contributed by atoms with van der Waals surface area (Å²) in [5, 5.41) is 0. The Hall–Kier alpha value is -1.98. The zero-order valence-corrected chi connectivity index (χ0v) is 20.4. The van der Waals surface area contributed by atoms with Gasteiger partial charge in [-0.15, -0.1) is 0 Å². The van der Waals surface area contributed by atoms with Crippen molar-refractivity contribution in [3.05, 3.63) is 12.2 Å². The van der Waals surface area contributed by atoms with E-state index in [2.05, 4.69) is 0 Å². The zero-order valence-electron chi connectivity index (χ0n) is 20.4. The molecule has 0 aliphatic heterocycles. The van der Waals surface area contributed by atoms with Crippen molar-refractivity contribution >= 4 is 23.5 Å². The van der Waals surface area contributed by atoms with Crippen LogP contribution >= 0.6 is 0 Å². The molecule has 11 atom stereocenters. The summed E-state index contributed by atoms with van der Waals surface area (Å²) in [6, 6.07) is 0. The minimum absolute atomic E-state index is 0.0187. The standard InChI is InChI=1S/C28H36O6/c1-28(2,3)34-26(31)15-5-4-14-11-16(7-6-13(14)10-15)33-27(32)20-12-19-21-17-8-9-18(24(17)29)22(21)23(20)25(19)30/h8-9,13-23H,4-7,10-12H2,1-3H3. The number of rotatable bonds is 3. The molecule has 6 aliphatic carbocycles. The molecule has 0 N–H and O–H groups in total. The van der Waals surface area contributed by atoms with Crippen molar-refractivity contribution in [3.8, 4) is 0 Å². The second kappa shape index (κ2) is 7.76. The molecule has 34 heavy (non-hydrogen) atoms. The van der Waals surface area contributed by atoms with Gasteiger partial charge in [-0.25, -0.2) is 0 Å². The fraction of sp³-hybridized carbons (Fsp3) is 0.786. The molecule has 5 saturated carbocycles. The average molecular weight is 469 g/mol. The first-order chi connectivity index (χ1) is 16.1. The van der Waals surface area contributed by atoms with Crippen molar-refractivity contribution in [3.63, 3.8) is 0 Å². The Kier molecular flexibility index (Phi) is 5.13. The number of allylic oxidation sites excluding steroid dienone is 2. The normalized spacial score (nSPS) is 46.4. The van der Waals surface area contributed by atoms with Crippen LogP contribution in [-0.4, -0.2) is 35.2 Å². The van der Waals surface area contributed by atoms with Crippen LogP contribution in [0.15, 0.2) is 12.2 Å². The highest BCUT2D eigenvalue weighted by molar-refractivity contribution is 6.01. The number of esters is 2. The molecule has 0 aromatic carbocycles.